The highest BCUT2D eigenvalue weighted by atomic mass is 32.1. The molecule has 0 bridgehead atoms. The molecular weight excluding hydrogens is 222 g/mol. The summed E-state index contributed by atoms with van der Waals surface area (Å²) in [4.78, 5) is 15.8. The minimum absolute atomic E-state index is 0.0207. The lowest BCUT2D eigenvalue weighted by Gasteiger charge is -2.04. The topological polar surface area (TPSA) is 50.2 Å². The Morgan fingerprint density at radius 1 is 1.44 bits per heavy atom. The van der Waals surface area contributed by atoms with Crippen LogP contribution < -0.4 is 0 Å². The van der Waals surface area contributed by atoms with E-state index in [-0.39, 0.29) is 6.42 Å². The van der Waals surface area contributed by atoms with Crippen LogP contribution in [0.1, 0.15) is 11.3 Å². The number of hydrogen-bond donors (Lipinski definition) is 1. The van der Waals surface area contributed by atoms with Gasteiger partial charge in [0.25, 0.3) is 0 Å². The zero-order chi connectivity index (χ0) is 11.5. The third-order valence-electron chi connectivity index (χ3n) is 2.35. The number of aliphatic carboxylic acids is 1. The lowest BCUT2D eigenvalue weighted by atomic mass is 10.1. The summed E-state index contributed by atoms with van der Waals surface area (Å²) in [5.41, 5.74) is 4.55. The van der Waals surface area contributed by atoms with E-state index < -0.39 is 5.97 Å². The minimum Gasteiger partial charge on any atom is -0.481 e. The van der Waals surface area contributed by atoms with Crippen LogP contribution in [0.4, 0.5) is 0 Å². The third kappa shape index (κ3) is 2.12. The van der Waals surface area contributed by atoms with Gasteiger partial charge < -0.3 is 5.11 Å². The van der Waals surface area contributed by atoms with Crippen molar-refractivity contribution in [3.05, 3.63) is 41.0 Å². The van der Waals surface area contributed by atoms with Gasteiger partial charge in [0.2, 0.25) is 0 Å². The van der Waals surface area contributed by atoms with E-state index in [1.807, 2.05) is 31.2 Å². The van der Waals surface area contributed by atoms with Gasteiger partial charge in [-0.15, -0.1) is 11.3 Å². The number of hydrogen-bond acceptors (Lipinski definition) is 3. The molecule has 1 aromatic heterocycles. The first-order chi connectivity index (χ1) is 7.68. The van der Waals surface area contributed by atoms with Gasteiger partial charge in [0, 0.05) is 0 Å². The molecule has 4 heteroatoms. The number of aromatic nitrogens is 1. The number of nitrogens with zero attached hydrogens (tertiary/aromatic N) is 1. The Morgan fingerprint density at radius 2 is 2.19 bits per heavy atom. The third-order valence-corrected chi connectivity index (χ3v) is 3.25. The largest absolute Gasteiger partial charge is 0.481 e. The molecule has 16 heavy (non-hydrogen) atoms. The first-order valence-corrected chi connectivity index (χ1v) is 5.76. The molecule has 2 rings (SSSR count). The maximum absolute atomic E-state index is 10.7. The molecule has 0 saturated carbocycles. The molecular formula is C12H11NO2S. The summed E-state index contributed by atoms with van der Waals surface area (Å²) in [6.45, 7) is 2.01. The average Bonchev–Trinajstić information content (AvgIpc) is 2.66. The number of carboxylic acid groups (broad SMARTS) is 1. The van der Waals surface area contributed by atoms with Crippen LogP contribution in [-0.4, -0.2) is 16.1 Å². The van der Waals surface area contributed by atoms with E-state index in [0.29, 0.717) is 5.69 Å². The summed E-state index contributed by atoms with van der Waals surface area (Å²) in [6.07, 6.45) is -0.0207. The maximum Gasteiger partial charge on any atom is 0.309 e. The number of thiazole rings is 1. The Kier molecular flexibility index (Phi) is 3.01. The standard InChI is InChI=1S/C12H11NO2S/c1-8-4-2-3-5-9(8)12-10(6-11(14)15)13-7-16-12/h2-5,7H,6H2,1H3,(H,14,15). The molecule has 0 aliphatic rings. The van der Waals surface area contributed by atoms with E-state index in [1.165, 1.54) is 11.3 Å². The molecule has 0 unspecified atom stereocenters. The van der Waals surface area contributed by atoms with Crippen molar-refractivity contribution in [3.63, 3.8) is 0 Å². The van der Waals surface area contributed by atoms with Crippen molar-refractivity contribution in [2.24, 2.45) is 0 Å². The van der Waals surface area contributed by atoms with Gasteiger partial charge in [0.1, 0.15) is 0 Å². The first-order valence-electron chi connectivity index (χ1n) is 4.88. The van der Waals surface area contributed by atoms with E-state index >= 15 is 0 Å². The molecule has 0 spiro atoms. The predicted octanol–water partition coefficient (Wildman–Crippen LogP) is 2.75. The molecule has 1 heterocycles. The van der Waals surface area contributed by atoms with E-state index in [1.54, 1.807) is 5.51 Å². The lowest BCUT2D eigenvalue weighted by Crippen LogP contribution is -2.01. The number of aryl methyl sites for hydroxylation is 1. The summed E-state index contributed by atoms with van der Waals surface area (Å²) < 4.78 is 0. The molecule has 0 fully saturated rings. The van der Waals surface area contributed by atoms with Crippen molar-refractivity contribution in [3.8, 4) is 10.4 Å². The van der Waals surface area contributed by atoms with Crippen LogP contribution >= 0.6 is 11.3 Å². The molecule has 0 saturated heterocycles. The van der Waals surface area contributed by atoms with Crippen LogP contribution in [0.2, 0.25) is 0 Å². The molecule has 3 nitrogen and oxygen atoms in total. The Balaban J connectivity index is 2.45. The molecule has 1 N–H and O–H groups in total. The molecule has 2 aromatic rings. The zero-order valence-electron chi connectivity index (χ0n) is 8.80. The zero-order valence-corrected chi connectivity index (χ0v) is 9.62. The summed E-state index contributed by atoms with van der Waals surface area (Å²) >= 11 is 1.48. The van der Waals surface area contributed by atoms with Gasteiger partial charge in [-0.05, 0) is 18.1 Å². The normalized spacial score (nSPS) is 10.3. The maximum atomic E-state index is 10.7. The molecule has 1 aromatic carbocycles. The highest BCUT2D eigenvalue weighted by Crippen LogP contribution is 2.30. The Morgan fingerprint density at radius 3 is 2.88 bits per heavy atom. The Bertz CT molecular complexity index is 519. The highest BCUT2D eigenvalue weighted by molar-refractivity contribution is 7.13. The minimum atomic E-state index is -0.847. The SMILES string of the molecule is Cc1ccccc1-c1scnc1CC(=O)O. The molecule has 0 atom stereocenters. The monoisotopic (exact) mass is 233 g/mol. The van der Waals surface area contributed by atoms with Gasteiger partial charge in [0.15, 0.2) is 0 Å². The smallest absolute Gasteiger partial charge is 0.309 e. The quantitative estimate of drug-likeness (QED) is 0.886. The fraction of sp³-hybridized carbons (Fsp3) is 0.167. The van der Waals surface area contributed by atoms with Crippen molar-refractivity contribution < 1.29 is 9.90 Å². The van der Waals surface area contributed by atoms with Gasteiger partial charge in [-0.2, -0.15) is 0 Å². The van der Waals surface area contributed by atoms with Crippen molar-refractivity contribution >= 4 is 17.3 Å². The van der Waals surface area contributed by atoms with Crippen LogP contribution in [0.3, 0.4) is 0 Å². The second-order valence-electron chi connectivity index (χ2n) is 3.51. The molecule has 0 radical (unpaired) electrons. The van der Waals surface area contributed by atoms with E-state index in [4.69, 9.17) is 5.11 Å². The second-order valence-corrected chi connectivity index (χ2v) is 4.37. The summed E-state index contributed by atoms with van der Waals surface area (Å²) in [6, 6.07) is 7.93. The predicted molar refractivity (Wildman–Crippen MR) is 63.6 cm³/mol. The lowest BCUT2D eigenvalue weighted by molar-refractivity contribution is -0.136. The van der Waals surface area contributed by atoms with Crippen molar-refractivity contribution in [1.29, 1.82) is 0 Å². The molecule has 0 aliphatic carbocycles. The summed E-state index contributed by atoms with van der Waals surface area (Å²) in [7, 11) is 0. The Labute approximate surface area is 97.4 Å². The van der Waals surface area contributed by atoms with Crippen LogP contribution in [-0.2, 0) is 11.2 Å². The van der Waals surface area contributed by atoms with E-state index in [2.05, 4.69) is 4.98 Å². The van der Waals surface area contributed by atoms with Gasteiger partial charge >= 0.3 is 5.97 Å². The van der Waals surface area contributed by atoms with E-state index in [9.17, 15) is 4.79 Å². The number of rotatable bonds is 3. The summed E-state index contributed by atoms with van der Waals surface area (Å²) in [5.74, 6) is -0.847. The highest BCUT2D eigenvalue weighted by Gasteiger charge is 2.12. The molecule has 0 amide bonds. The van der Waals surface area contributed by atoms with Crippen LogP contribution in [0.25, 0.3) is 10.4 Å². The van der Waals surface area contributed by atoms with Crippen LogP contribution in [0.15, 0.2) is 29.8 Å². The number of carboxylic acids is 1. The fourth-order valence-corrected chi connectivity index (χ4v) is 2.49. The van der Waals surface area contributed by atoms with Gasteiger partial charge in [-0.1, -0.05) is 24.3 Å². The van der Waals surface area contributed by atoms with Crippen molar-refractivity contribution in [2.45, 2.75) is 13.3 Å². The van der Waals surface area contributed by atoms with Gasteiger partial charge in [0.05, 0.1) is 22.5 Å². The van der Waals surface area contributed by atoms with Crippen LogP contribution in [0.5, 0.6) is 0 Å². The van der Waals surface area contributed by atoms with Gasteiger partial charge in [-0.25, -0.2) is 4.98 Å². The first kappa shape index (κ1) is 10.8. The average molecular weight is 233 g/mol. The number of benzene rings is 1. The fourth-order valence-electron chi connectivity index (χ4n) is 1.59. The van der Waals surface area contributed by atoms with Crippen molar-refractivity contribution in [1.82, 2.24) is 4.98 Å². The summed E-state index contributed by atoms with van der Waals surface area (Å²) in [5, 5.41) is 8.79. The van der Waals surface area contributed by atoms with Crippen LogP contribution in [0, 0.1) is 6.92 Å². The molecule has 0 aliphatic heterocycles. The van der Waals surface area contributed by atoms with Gasteiger partial charge in [-0.3, -0.25) is 4.79 Å². The Hall–Kier alpha value is -1.68. The second kappa shape index (κ2) is 4.45. The van der Waals surface area contributed by atoms with Crippen molar-refractivity contribution in [2.75, 3.05) is 0 Å². The molecule has 82 valence electrons. The van der Waals surface area contributed by atoms with E-state index in [0.717, 1.165) is 16.0 Å². The number of carbonyl (C=O) groups is 1.